The molecule has 0 atom stereocenters. The summed E-state index contributed by atoms with van der Waals surface area (Å²) in [5.74, 6) is -0.684. The lowest BCUT2D eigenvalue weighted by molar-refractivity contribution is -0.118. The standard InChI is InChI=1S/C18H18FNO3S/c1-12-9-13(7-8-15(12)19)10-20-17(21)11-24-16-6-4-3-5-14(16)18(22)23-2/h3-9H,10-11H2,1-2H3,(H,20,21). The summed E-state index contributed by atoms with van der Waals surface area (Å²) in [6.45, 7) is 2.01. The molecule has 2 aromatic rings. The number of aryl methyl sites for hydroxylation is 1. The van der Waals surface area contributed by atoms with Crippen molar-refractivity contribution < 1.29 is 18.7 Å². The molecule has 1 amide bonds. The van der Waals surface area contributed by atoms with Crippen LogP contribution in [0, 0.1) is 12.7 Å². The lowest BCUT2D eigenvalue weighted by Gasteiger charge is -2.08. The molecule has 0 aliphatic carbocycles. The Morgan fingerprint density at radius 2 is 1.96 bits per heavy atom. The monoisotopic (exact) mass is 347 g/mol. The molecule has 0 bridgehead atoms. The lowest BCUT2D eigenvalue weighted by atomic mass is 10.1. The smallest absolute Gasteiger partial charge is 0.338 e. The predicted octanol–water partition coefficient (Wildman–Crippen LogP) is 3.33. The van der Waals surface area contributed by atoms with Crippen LogP contribution in [-0.4, -0.2) is 24.7 Å². The SMILES string of the molecule is COC(=O)c1ccccc1SCC(=O)NCc1ccc(F)c(C)c1. The molecular formula is C18H18FNO3S. The van der Waals surface area contributed by atoms with Crippen LogP contribution < -0.4 is 5.32 Å². The maximum absolute atomic E-state index is 13.2. The molecule has 2 rings (SSSR count). The van der Waals surface area contributed by atoms with Crippen molar-refractivity contribution in [1.82, 2.24) is 5.32 Å². The summed E-state index contributed by atoms with van der Waals surface area (Å²) in [5, 5.41) is 2.78. The number of hydrogen-bond donors (Lipinski definition) is 1. The van der Waals surface area contributed by atoms with Gasteiger partial charge in [0.05, 0.1) is 18.4 Å². The first-order chi connectivity index (χ1) is 11.5. The number of nitrogens with one attached hydrogen (secondary N) is 1. The second kappa shape index (κ2) is 8.49. The van der Waals surface area contributed by atoms with E-state index in [9.17, 15) is 14.0 Å². The molecule has 24 heavy (non-hydrogen) atoms. The number of carbonyl (C=O) groups is 2. The molecule has 0 fully saturated rings. The summed E-state index contributed by atoms with van der Waals surface area (Å²) in [6.07, 6.45) is 0. The number of benzene rings is 2. The number of hydrogen-bond acceptors (Lipinski definition) is 4. The van der Waals surface area contributed by atoms with Crippen molar-refractivity contribution in [3.63, 3.8) is 0 Å². The van der Waals surface area contributed by atoms with Crippen LogP contribution in [0.4, 0.5) is 4.39 Å². The van der Waals surface area contributed by atoms with Gasteiger partial charge in [-0.15, -0.1) is 11.8 Å². The Morgan fingerprint density at radius 1 is 1.21 bits per heavy atom. The molecule has 2 aromatic carbocycles. The van der Waals surface area contributed by atoms with Crippen molar-refractivity contribution in [1.29, 1.82) is 0 Å². The van der Waals surface area contributed by atoms with E-state index in [-0.39, 0.29) is 17.5 Å². The number of methoxy groups -OCH3 is 1. The first-order valence-corrected chi connectivity index (χ1v) is 8.31. The fourth-order valence-corrected chi connectivity index (χ4v) is 2.95. The van der Waals surface area contributed by atoms with Gasteiger partial charge in [0, 0.05) is 11.4 Å². The highest BCUT2D eigenvalue weighted by Gasteiger charge is 2.12. The third-order valence-corrected chi connectivity index (χ3v) is 4.44. The van der Waals surface area contributed by atoms with E-state index in [0.717, 1.165) is 5.56 Å². The second-order valence-corrected chi connectivity index (χ2v) is 6.15. The van der Waals surface area contributed by atoms with Gasteiger partial charge in [-0.05, 0) is 36.2 Å². The molecule has 6 heteroatoms. The van der Waals surface area contributed by atoms with Crippen molar-refractivity contribution in [3.05, 3.63) is 65.0 Å². The molecule has 0 spiro atoms. The maximum atomic E-state index is 13.2. The third-order valence-electron chi connectivity index (χ3n) is 3.36. The number of ether oxygens (including phenoxy) is 1. The van der Waals surface area contributed by atoms with Crippen molar-refractivity contribution in [2.45, 2.75) is 18.4 Å². The van der Waals surface area contributed by atoms with E-state index < -0.39 is 5.97 Å². The minimum absolute atomic E-state index is 0.165. The zero-order chi connectivity index (χ0) is 17.5. The van der Waals surface area contributed by atoms with Crippen molar-refractivity contribution >= 4 is 23.6 Å². The van der Waals surface area contributed by atoms with Gasteiger partial charge in [-0.3, -0.25) is 4.79 Å². The Morgan fingerprint density at radius 3 is 2.67 bits per heavy atom. The third kappa shape index (κ3) is 4.83. The molecule has 1 N–H and O–H groups in total. The van der Waals surface area contributed by atoms with Gasteiger partial charge in [0.2, 0.25) is 5.91 Å². The molecule has 0 aliphatic heterocycles. The number of carbonyl (C=O) groups excluding carboxylic acids is 2. The molecule has 0 aliphatic rings. The Kier molecular flexibility index (Phi) is 6.37. The molecule has 0 aromatic heterocycles. The summed E-state index contributed by atoms with van der Waals surface area (Å²) in [5.41, 5.74) is 1.82. The van der Waals surface area contributed by atoms with Crippen LogP contribution in [0.25, 0.3) is 0 Å². The minimum atomic E-state index is -0.430. The van der Waals surface area contributed by atoms with Crippen LogP contribution in [0.1, 0.15) is 21.5 Å². The quantitative estimate of drug-likeness (QED) is 0.643. The van der Waals surface area contributed by atoms with Gasteiger partial charge in [0.1, 0.15) is 5.82 Å². The van der Waals surface area contributed by atoms with Gasteiger partial charge in [-0.25, -0.2) is 9.18 Å². The molecule has 0 saturated heterocycles. The number of esters is 1. The summed E-state index contributed by atoms with van der Waals surface area (Å²) in [6, 6.07) is 11.7. The van der Waals surface area contributed by atoms with Crippen LogP contribution in [0.5, 0.6) is 0 Å². The van der Waals surface area contributed by atoms with Crippen LogP contribution in [0.15, 0.2) is 47.4 Å². The van der Waals surface area contributed by atoms with Crippen LogP contribution in [-0.2, 0) is 16.1 Å². The summed E-state index contributed by atoms with van der Waals surface area (Å²) < 4.78 is 17.9. The zero-order valence-electron chi connectivity index (χ0n) is 13.5. The molecule has 4 nitrogen and oxygen atoms in total. The van der Waals surface area contributed by atoms with Crippen molar-refractivity contribution in [2.24, 2.45) is 0 Å². The predicted molar refractivity (Wildman–Crippen MR) is 91.5 cm³/mol. The average Bonchev–Trinajstić information content (AvgIpc) is 2.60. The topological polar surface area (TPSA) is 55.4 Å². The normalized spacial score (nSPS) is 10.3. The largest absolute Gasteiger partial charge is 0.465 e. The van der Waals surface area contributed by atoms with Crippen molar-refractivity contribution in [2.75, 3.05) is 12.9 Å². The highest BCUT2D eigenvalue weighted by molar-refractivity contribution is 8.00. The summed E-state index contributed by atoms with van der Waals surface area (Å²) in [7, 11) is 1.32. The Hall–Kier alpha value is -2.34. The second-order valence-electron chi connectivity index (χ2n) is 5.14. The number of rotatable bonds is 6. The lowest BCUT2D eigenvalue weighted by Crippen LogP contribution is -2.24. The Bertz CT molecular complexity index is 749. The highest BCUT2D eigenvalue weighted by Crippen LogP contribution is 2.23. The van der Waals surface area contributed by atoms with Gasteiger partial charge in [0.15, 0.2) is 0 Å². The van der Waals surface area contributed by atoms with Gasteiger partial charge < -0.3 is 10.1 Å². The van der Waals surface area contributed by atoms with E-state index >= 15 is 0 Å². The molecule has 0 radical (unpaired) electrons. The number of halogens is 1. The van der Waals surface area contributed by atoms with Crippen LogP contribution in [0.3, 0.4) is 0 Å². The van der Waals surface area contributed by atoms with E-state index in [2.05, 4.69) is 5.32 Å². The van der Waals surface area contributed by atoms with E-state index in [1.165, 1.54) is 24.9 Å². The first-order valence-electron chi connectivity index (χ1n) is 7.33. The zero-order valence-corrected chi connectivity index (χ0v) is 14.3. The fraction of sp³-hybridized carbons (Fsp3) is 0.222. The van der Waals surface area contributed by atoms with E-state index in [4.69, 9.17) is 4.74 Å². The summed E-state index contributed by atoms with van der Waals surface area (Å²) >= 11 is 1.27. The van der Waals surface area contributed by atoms with E-state index in [0.29, 0.717) is 22.6 Å². The molecular weight excluding hydrogens is 329 g/mol. The molecule has 0 unspecified atom stereocenters. The van der Waals surface area contributed by atoms with E-state index in [1.54, 1.807) is 43.3 Å². The van der Waals surface area contributed by atoms with Crippen LogP contribution in [0.2, 0.25) is 0 Å². The maximum Gasteiger partial charge on any atom is 0.338 e. The minimum Gasteiger partial charge on any atom is -0.465 e. The van der Waals surface area contributed by atoms with Crippen LogP contribution >= 0.6 is 11.8 Å². The first kappa shape index (κ1) is 18.0. The van der Waals surface area contributed by atoms with Gasteiger partial charge >= 0.3 is 5.97 Å². The average molecular weight is 347 g/mol. The van der Waals surface area contributed by atoms with Crippen molar-refractivity contribution in [3.8, 4) is 0 Å². The highest BCUT2D eigenvalue weighted by atomic mass is 32.2. The molecule has 0 saturated carbocycles. The number of thioether (sulfide) groups is 1. The Labute approximate surface area is 144 Å². The van der Waals surface area contributed by atoms with Gasteiger partial charge in [0.25, 0.3) is 0 Å². The van der Waals surface area contributed by atoms with E-state index in [1.807, 2.05) is 0 Å². The molecule has 0 heterocycles. The Balaban J connectivity index is 1.89. The molecule has 126 valence electrons. The summed E-state index contributed by atoms with van der Waals surface area (Å²) in [4.78, 5) is 24.3. The van der Waals surface area contributed by atoms with Gasteiger partial charge in [-0.1, -0.05) is 24.3 Å². The number of amides is 1. The fourth-order valence-electron chi connectivity index (χ4n) is 2.08. The van der Waals surface area contributed by atoms with Gasteiger partial charge in [-0.2, -0.15) is 0 Å².